The zero-order valence-electron chi connectivity index (χ0n) is 16.1. The first-order valence-corrected chi connectivity index (χ1v) is 11.2. The Bertz CT molecular complexity index is 791. The van der Waals surface area contributed by atoms with Gasteiger partial charge in [0, 0.05) is 11.1 Å². The Kier molecular flexibility index (Phi) is 8.15. The van der Waals surface area contributed by atoms with Crippen molar-refractivity contribution in [2.45, 2.75) is 48.1 Å². The van der Waals surface area contributed by atoms with Crippen LogP contribution in [-0.4, -0.2) is 6.61 Å². The van der Waals surface area contributed by atoms with Crippen molar-refractivity contribution in [3.05, 3.63) is 52.1 Å². The second kappa shape index (κ2) is 9.41. The van der Waals surface area contributed by atoms with Crippen LogP contribution in [0.15, 0.2) is 24.3 Å². The largest absolute Gasteiger partial charge is 0.494 e. The summed E-state index contributed by atoms with van der Waals surface area (Å²) in [5.74, 6) is 0.808. The molecule has 7 heteroatoms. The minimum atomic E-state index is -1.65. The summed E-state index contributed by atoms with van der Waals surface area (Å²) >= 11 is 37.7. The fourth-order valence-corrected chi connectivity index (χ4v) is 5.26. The highest BCUT2D eigenvalue weighted by Gasteiger charge is 2.36. The molecule has 0 radical (unpaired) electrons. The van der Waals surface area contributed by atoms with Crippen LogP contribution in [0, 0.1) is 20.8 Å². The number of ether oxygens (including phenoxy) is 1. The summed E-state index contributed by atoms with van der Waals surface area (Å²) < 4.78 is 2.45. The number of unbranched alkanes of at least 4 members (excludes halogenated alkanes) is 1. The highest BCUT2D eigenvalue weighted by molar-refractivity contribution is 6.68. The molecule has 0 amide bonds. The Morgan fingerprint density at radius 3 is 1.61 bits per heavy atom. The lowest BCUT2D eigenvalue weighted by molar-refractivity contribution is 0.309. The summed E-state index contributed by atoms with van der Waals surface area (Å²) in [6.07, 6.45) is 2.09. The monoisotopic (exact) mass is 500 g/mol. The highest BCUT2D eigenvalue weighted by Crippen LogP contribution is 2.51. The molecule has 0 aliphatic carbocycles. The van der Waals surface area contributed by atoms with Crippen LogP contribution in [0.5, 0.6) is 5.75 Å². The Hall–Kier alpha value is -0.0200. The molecule has 0 saturated carbocycles. The quantitative estimate of drug-likeness (QED) is 0.292. The van der Waals surface area contributed by atoms with Crippen molar-refractivity contribution in [3.63, 3.8) is 0 Å². The van der Waals surface area contributed by atoms with E-state index in [2.05, 4.69) is 6.92 Å². The Morgan fingerprint density at radius 1 is 0.750 bits per heavy atom. The summed E-state index contributed by atoms with van der Waals surface area (Å²) in [6, 6.07) is 7.79. The van der Waals surface area contributed by atoms with E-state index in [1.54, 1.807) is 0 Å². The van der Waals surface area contributed by atoms with E-state index in [1.807, 2.05) is 45.0 Å². The van der Waals surface area contributed by atoms with E-state index in [0.29, 0.717) is 23.3 Å². The smallest absolute Gasteiger partial charge is 0.216 e. The molecule has 0 bridgehead atoms. The predicted octanol–water partition coefficient (Wildman–Crippen LogP) is 9.11. The van der Waals surface area contributed by atoms with Crippen LogP contribution in [0.25, 0.3) is 11.1 Å². The topological polar surface area (TPSA) is 9.23 Å². The van der Waals surface area contributed by atoms with E-state index in [9.17, 15) is 0 Å². The molecule has 0 saturated heterocycles. The molecule has 2 aromatic rings. The SMILES string of the molecule is CCCCOc1ccc(-c2c(C)c(C(Cl)(Cl)Cl)c(C)c(C(Cl)(Cl)Cl)c2C)cc1. The fraction of sp³-hybridized carbons (Fsp3) is 0.429. The van der Waals surface area contributed by atoms with Gasteiger partial charge < -0.3 is 4.74 Å². The minimum absolute atomic E-state index is 0.530. The van der Waals surface area contributed by atoms with Crippen molar-refractivity contribution < 1.29 is 4.74 Å². The lowest BCUT2D eigenvalue weighted by atomic mass is 9.86. The van der Waals surface area contributed by atoms with E-state index >= 15 is 0 Å². The van der Waals surface area contributed by atoms with Gasteiger partial charge in [0.1, 0.15) is 5.75 Å². The average Bonchev–Trinajstić information content (AvgIpc) is 2.53. The number of rotatable bonds is 5. The van der Waals surface area contributed by atoms with Crippen LogP contribution in [0.4, 0.5) is 0 Å². The maximum absolute atomic E-state index is 6.28. The molecule has 0 aliphatic heterocycles. The molecule has 28 heavy (non-hydrogen) atoms. The molecule has 0 unspecified atom stereocenters. The van der Waals surface area contributed by atoms with Crippen molar-refractivity contribution in [1.29, 1.82) is 0 Å². The third-order valence-corrected chi connectivity index (χ3v) is 5.86. The molecule has 0 fully saturated rings. The third-order valence-electron chi connectivity index (χ3n) is 4.73. The Labute approximate surface area is 197 Å². The zero-order chi connectivity index (χ0) is 21.3. The molecule has 2 aromatic carbocycles. The lowest BCUT2D eigenvalue weighted by Gasteiger charge is -2.28. The number of hydrogen-bond donors (Lipinski definition) is 0. The van der Waals surface area contributed by atoms with Gasteiger partial charge in [0.05, 0.1) is 6.61 Å². The molecule has 154 valence electrons. The van der Waals surface area contributed by atoms with Gasteiger partial charge in [0.2, 0.25) is 7.59 Å². The van der Waals surface area contributed by atoms with Crippen molar-refractivity contribution >= 4 is 69.6 Å². The zero-order valence-corrected chi connectivity index (χ0v) is 20.6. The first-order chi connectivity index (χ1) is 12.9. The molecule has 0 spiro atoms. The lowest BCUT2D eigenvalue weighted by Crippen LogP contribution is -2.16. The van der Waals surface area contributed by atoms with E-state index in [4.69, 9.17) is 74.3 Å². The summed E-state index contributed by atoms with van der Waals surface area (Å²) in [6.45, 7) is 8.46. The number of alkyl halides is 6. The molecule has 0 aromatic heterocycles. The van der Waals surface area contributed by atoms with E-state index in [0.717, 1.165) is 40.8 Å². The van der Waals surface area contributed by atoms with E-state index in [-0.39, 0.29) is 0 Å². The maximum Gasteiger partial charge on any atom is 0.216 e. The van der Waals surface area contributed by atoms with Gasteiger partial charge in [-0.25, -0.2) is 0 Å². The van der Waals surface area contributed by atoms with Crippen LogP contribution in [0.1, 0.15) is 47.6 Å². The summed E-state index contributed by atoms with van der Waals surface area (Å²) in [5.41, 5.74) is 5.22. The maximum atomic E-state index is 6.28. The second-order valence-electron chi connectivity index (χ2n) is 6.72. The molecule has 1 nitrogen and oxygen atoms in total. The van der Waals surface area contributed by atoms with Crippen LogP contribution in [0.3, 0.4) is 0 Å². The van der Waals surface area contributed by atoms with Crippen LogP contribution in [-0.2, 0) is 7.59 Å². The molecule has 0 atom stereocenters. The van der Waals surface area contributed by atoms with Gasteiger partial charge in [0.15, 0.2) is 0 Å². The average molecular weight is 503 g/mol. The van der Waals surface area contributed by atoms with Crippen LogP contribution < -0.4 is 4.74 Å². The van der Waals surface area contributed by atoms with Crippen molar-refractivity contribution in [3.8, 4) is 16.9 Å². The number of hydrogen-bond acceptors (Lipinski definition) is 1. The van der Waals surface area contributed by atoms with Gasteiger partial charge in [-0.3, -0.25) is 0 Å². The summed E-state index contributed by atoms with van der Waals surface area (Å²) in [5, 5.41) is 0. The second-order valence-corrected chi connectivity index (χ2v) is 11.3. The van der Waals surface area contributed by atoms with Gasteiger partial charge in [0.25, 0.3) is 0 Å². The third kappa shape index (κ3) is 5.36. The summed E-state index contributed by atoms with van der Waals surface area (Å²) in [4.78, 5) is 0. The fourth-order valence-electron chi connectivity index (χ4n) is 3.55. The Balaban J connectivity index is 2.67. The highest BCUT2D eigenvalue weighted by atomic mass is 35.6. The predicted molar refractivity (Wildman–Crippen MR) is 125 cm³/mol. The first-order valence-electron chi connectivity index (χ1n) is 8.91. The van der Waals surface area contributed by atoms with Crippen molar-refractivity contribution in [2.24, 2.45) is 0 Å². The molecule has 0 aliphatic rings. The Morgan fingerprint density at radius 2 is 1.21 bits per heavy atom. The van der Waals surface area contributed by atoms with Gasteiger partial charge in [-0.15, -0.1) is 0 Å². The number of halogens is 6. The molecule has 0 heterocycles. The minimum Gasteiger partial charge on any atom is -0.494 e. The first kappa shape index (κ1) is 24.3. The molecule has 2 rings (SSSR count). The van der Waals surface area contributed by atoms with Crippen LogP contribution >= 0.6 is 69.6 Å². The number of benzene rings is 2. The van der Waals surface area contributed by atoms with Gasteiger partial charge in [-0.1, -0.05) is 95.1 Å². The van der Waals surface area contributed by atoms with E-state index in [1.165, 1.54) is 0 Å². The van der Waals surface area contributed by atoms with Crippen LogP contribution in [0.2, 0.25) is 0 Å². The summed E-state index contributed by atoms with van der Waals surface area (Å²) in [7, 11) is 0. The van der Waals surface area contributed by atoms with Crippen molar-refractivity contribution in [2.75, 3.05) is 6.61 Å². The normalized spacial score (nSPS) is 12.4. The van der Waals surface area contributed by atoms with Gasteiger partial charge in [-0.2, -0.15) is 0 Å². The molecular weight excluding hydrogens is 481 g/mol. The van der Waals surface area contributed by atoms with Gasteiger partial charge in [-0.05, 0) is 67.1 Å². The molecular formula is C21H22Cl6O. The molecule has 0 N–H and O–H groups in total. The van der Waals surface area contributed by atoms with Gasteiger partial charge >= 0.3 is 0 Å². The van der Waals surface area contributed by atoms with E-state index < -0.39 is 7.59 Å². The standard InChI is InChI=1S/C21H22Cl6O/c1-5-6-11-28-16-9-7-15(8-10-16)17-12(2)18(20(22,23)24)14(4)19(13(17)3)21(25,26)27/h7-10H,5-6,11H2,1-4H3. The van der Waals surface area contributed by atoms with Crippen molar-refractivity contribution in [1.82, 2.24) is 0 Å².